The molecule has 0 nitrogen and oxygen atoms in total. The van der Waals surface area contributed by atoms with Crippen LogP contribution in [0.4, 0.5) is 0 Å². The summed E-state index contributed by atoms with van der Waals surface area (Å²) in [5, 5.41) is 0. The Morgan fingerprint density at radius 1 is 0.528 bits per heavy atom. The lowest BCUT2D eigenvalue weighted by molar-refractivity contribution is 0.563. The molecule has 0 saturated heterocycles. The molecule has 5 aromatic carbocycles. The lowest BCUT2D eigenvalue weighted by atomic mass is 9.55. The molecule has 0 heteroatoms. The number of rotatable bonds is 2. The van der Waals surface area contributed by atoms with Crippen LogP contribution in [0.2, 0.25) is 0 Å². The van der Waals surface area contributed by atoms with Gasteiger partial charge in [0, 0.05) is 5.41 Å². The van der Waals surface area contributed by atoms with E-state index in [1.807, 2.05) is 0 Å². The Labute approximate surface area is 214 Å². The van der Waals surface area contributed by atoms with E-state index in [0.717, 1.165) is 6.42 Å². The van der Waals surface area contributed by atoms with Crippen molar-refractivity contribution in [3.8, 4) is 11.1 Å². The van der Waals surface area contributed by atoms with Crippen LogP contribution >= 0.6 is 0 Å². The topological polar surface area (TPSA) is 0 Å². The molecule has 0 radical (unpaired) electrons. The van der Waals surface area contributed by atoms with Crippen molar-refractivity contribution in [2.45, 2.75) is 38.0 Å². The summed E-state index contributed by atoms with van der Waals surface area (Å²) in [6.45, 7) is 6.99. The van der Waals surface area contributed by atoms with Crippen LogP contribution in [0.25, 0.3) is 11.1 Å². The zero-order valence-corrected chi connectivity index (χ0v) is 21.2. The maximum atomic E-state index is 2.42. The van der Waals surface area contributed by atoms with Crippen LogP contribution in [0.5, 0.6) is 0 Å². The fourth-order valence-corrected chi connectivity index (χ4v) is 7.11. The first-order valence-corrected chi connectivity index (χ1v) is 13.0. The minimum atomic E-state index is -0.312. The molecule has 7 rings (SSSR count). The second kappa shape index (κ2) is 7.55. The van der Waals surface area contributed by atoms with Crippen molar-refractivity contribution in [2.24, 2.45) is 0 Å². The van der Waals surface area contributed by atoms with E-state index in [9.17, 15) is 0 Å². The normalized spacial score (nSPS) is 15.6. The zero-order valence-electron chi connectivity index (χ0n) is 21.2. The average molecular weight is 463 g/mol. The molecule has 2 aliphatic carbocycles. The molecule has 5 aromatic rings. The molecule has 174 valence electrons. The van der Waals surface area contributed by atoms with Gasteiger partial charge < -0.3 is 0 Å². The standard InChI is InChI=1S/C36H30/c1-24-20-21-28-27(22-24)34-26(23-25-12-5-4-6-13-25)14-11-19-33(34)36(28)31-17-9-7-15-29(31)35(2,3)30-16-8-10-18-32(30)36/h4-22H,23H2,1-3H3. The number of fused-ring (bicyclic) bond motifs is 9. The number of hydrogen-bond donors (Lipinski definition) is 0. The van der Waals surface area contributed by atoms with E-state index in [-0.39, 0.29) is 10.8 Å². The van der Waals surface area contributed by atoms with E-state index in [0.29, 0.717) is 0 Å². The highest BCUT2D eigenvalue weighted by Gasteiger charge is 2.53. The summed E-state index contributed by atoms with van der Waals surface area (Å²) in [7, 11) is 0. The van der Waals surface area contributed by atoms with Gasteiger partial charge in [-0.1, -0.05) is 135 Å². The van der Waals surface area contributed by atoms with Crippen LogP contribution in [0.1, 0.15) is 63.9 Å². The summed E-state index contributed by atoms with van der Waals surface area (Å²) in [5.74, 6) is 0. The van der Waals surface area contributed by atoms with Crippen LogP contribution in [0.15, 0.2) is 115 Å². The Hall–Kier alpha value is -3.90. The molecular formula is C36H30. The molecule has 0 saturated carbocycles. The Morgan fingerprint density at radius 2 is 1.11 bits per heavy atom. The molecule has 0 N–H and O–H groups in total. The Bertz CT molecular complexity index is 1590. The van der Waals surface area contributed by atoms with Gasteiger partial charge in [0.15, 0.2) is 0 Å². The second-order valence-electron chi connectivity index (χ2n) is 11.0. The predicted octanol–water partition coefficient (Wildman–Crippen LogP) is 8.59. The third kappa shape index (κ3) is 2.70. The predicted molar refractivity (Wildman–Crippen MR) is 150 cm³/mol. The Kier molecular flexibility index (Phi) is 4.48. The first kappa shape index (κ1) is 21.4. The van der Waals surface area contributed by atoms with Crippen LogP contribution in [0.3, 0.4) is 0 Å². The van der Waals surface area contributed by atoms with Crippen LogP contribution in [-0.2, 0) is 17.3 Å². The molecule has 0 aromatic heterocycles. The second-order valence-corrected chi connectivity index (χ2v) is 11.0. The number of benzene rings is 5. The Balaban J connectivity index is 1.63. The van der Waals surface area contributed by atoms with Gasteiger partial charge >= 0.3 is 0 Å². The van der Waals surface area contributed by atoms with E-state index in [2.05, 4.69) is 136 Å². The smallest absolute Gasteiger partial charge is 0.0622 e. The third-order valence-electron chi connectivity index (χ3n) is 8.65. The monoisotopic (exact) mass is 462 g/mol. The van der Waals surface area contributed by atoms with Gasteiger partial charge in [-0.3, -0.25) is 0 Å². The van der Waals surface area contributed by atoms with E-state index in [1.165, 1.54) is 61.2 Å². The van der Waals surface area contributed by atoms with Crippen molar-refractivity contribution in [3.63, 3.8) is 0 Å². The minimum Gasteiger partial charge on any atom is -0.0622 e. The van der Waals surface area contributed by atoms with Crippen molar-refractivity contribution in [1.29, 1.82) is 0 Å². The maximum Gasteiger partial charge on any atom is 0.0719 e. The molecule has 0 unspecified atom stereocenters. The van der Waals surface area contributed by atoms with Crippen molar-refractivity contribution >= 4 is 0 Å². The summed E-state index contributed by atoms with van der Waals surface area (Å²) < 4.78 is 0. The lowest BCUT2D eigenvalue weighted by Crippen LogP contribution is -2.40. The highest BCUT2D eigenvalue weighted by atomic mass is 14.5. The third-order valence-corrected chi connectivity index (χ3v) is 8.65. The highest BCUT2D eigenvalue weighted by Crippen LogP contribution is 2.62. The molecule has 2 aliphatic rings. The first-order valence-electron chi connectivity index (χ1n) is 13.0. The quantitative estimate of drug-likeness (QED) is 0.242. The van der Waals surface area contributed by atoms with E-state index in [4.69, 9.17) is 0 Å². The van der Waals surface area contributed by atoms with Crippen molar-refractivity contribution in [2.75, 3.05) is 0 Å². The summed E-state index contributed by atoms with van der Waals surface area (Å²) in [4.78, 5) is 0. The van der Waals surface area contributed by atoms with Gasteiger partial charge in [-0.05, 0) is 69.0 Å². The van der Waals surface area contributed by atoms with Gasteiger partial charge in [0.2, 0.25) is 0 Å². The summed E-state index contributed by atoms with van der Waals surface area (Å²) in [6.07, 6.45) is 0.933. The van der Waals surface area contributed by atoms with E-state index < -0.39 is 0 Å². The maximum absolute atomic E-state index is 2.42. The van der Waals surface area contributed by atoms with Gasteiger partial charge in [0.25, 0.3) is 0 Å². The minimum absolute atomic E-state index is 0.0618. The summed E-state index contributed by atoms with van der Waals surface area (Å²) >= 11 is 0. The van der Waals surface area contributed by atoms with Crippen LogP contribution in [-0.4, -0.2) is 0 Å². The average Bonchev–Trinajstić information content (AvgIpc) is 3.19. The number of aryl methyl sites for hydroxylation is 1. The van der Waals surface area contributed by atoms with Crippen molar-refractivity contribution in [3.05, 3.63) is 165 Å². The van der Waals surface area contributed by atoms with Crippen molar-refractivity contribution in [1.82, 2.24) is 0 Å². The molecule has 0 fully saturated rings. The molecule has 36 heavy (non-hydrogen) atoms. The van der Waals surface area contributed by atoms with Gasteiger partial charge in [-0.15, -0.1) is 0 Å². The van der Waals surface area contributed by atoms with E-state index in [1.54, 1.807) is 0 Å². The van der Waals surface area contributed by atoms with Crippen molar-refractivity contribution < 1.29 is 0 Å². The molecule has 0 heterocycles. The first-order chi connectivity index (χ1) is 17.5. The molecule has 1 spiro atoms. The zero-order chi connectivity index (χ0) is 24.5. The van der Waals surface area contributed by atoms with Gasteiger partial charge in [0.05, 0.1) is 5.41 Å². The fourth-order valence-electron chi connectivity index (χ4n) is 7.11. The lowest BCUT2D eigenvalue weighted by Gasteiger charge is -2.46. The SMILES string of the molecule is Cc1ccc2c(c1)-c1c(Cc3ccccc3)cccc1C21c2ccccc2C(C)(C)c2ccccc21. The number of hydrogen-bond acceptors (Lipinski definition) is 0. The van der Waals surface area contributed by atoms with E-state index >= 15 is 0 Å². The molecular weight excluding hydrogens is 432 g/mol. The van der Waals surface area contributed by atoms with Crippen LogP contribution in [0, 0.1) is 6.92 Å². The molecule has 0 atom stereocenters. The fraction of sp³-hybridized carbons (Fsp3) is 0.167. The molecule has 0 aliphatic heterocycles. The Morgan fingerprint density at radius 3 is 1.78 bits per heavy atom. The molecule has 0 bridgehead atoms. The highest BCUT2D eigenvalue weighted by molar-refractivity contribution is 5.90. The van der Waals surface area contributed by atoms with Gasteiger partial charge in [-0.25, -0.2) is 0 Å². The van der Waals surface area contributed by atoms with Crippen LogP contribution < -0.4 is 0 Å². The summed E-state index contributed by atoms with van der Waals surface area (Å²) in [6, 6.07) is 43.4. The van der Waals surface area contributed by atoms with Gasteiger partial charge in [-0.2, -0.15) is 0 Å². The summed E-state index contributed by atoms with van der Waals surface area (Å²) in [5.41, 5.74) is 15.0. The largest absolute Gasteiger partial charge is 0.0719 e. The molecule has 0 amide bonds. The van der Waals surface area contributed by atoms with Gasteiger partial charge in [0.1, 0.15) is 0 Å².